The maximum absolute atomic E-state index is 4.52. The molecular weight excluding hydrogens is 330 g/mol. The fourth-order valence-corrected chi connectivity index (χ4v) is 3.48. The lowest BCUT2D eigenvalue weighted by Crippen LogP contribution is -2.59. The predicted octanol–water partition coefficient (Wildman–Crippen LogP) is 1.11. The smallest absolute Gasteiger partial charge is 0.203 e. The van der Waals surface area contributed by atoms with Crippen molar-refractivity contribution in [2.75, 3.05) is 29.9 Å². The maximum Gasteiger partial charge on any atom is 0.203 e. The first kappa shape index (κ1) is 15.1. The lowest BCUT2D eigenvalue weighted by Gasteiger charge is -2.45. The summed E-state index contributed by atoms with van der Waals surface area (Å²) in [7, 11) is 2.10. The van der Waals surface area contributed by atoms with E-state index in [1.54, 1.807) is 12.4 Å². The fourth-order valence-electron chi connectivity index (χ4n) is 3.48. The first-order valence-corrected chi connectivity index (χ1v) is 8.57. The van der Waals surface area contributed by atoms with Gasteiger partial charge < -0.3 is 9.80 Å². The van der Waals surface area contributed by atoms with E-state index < -0.39 is 0 Å². The maximum atomic E-state index is 4.52. The summed E-state index contributed by atoms with van der Waals surface area (Å²) in [6.07, 6.45) is 5.48. The number of hydrogen-bond donors (Lipinski definition) is 0. The van der Waals surface area contributed by atoms with Crippen molar-refractivity contribution in [3.63, 3.8) is 0 Å². The molecule has 0 aromatic carbocycles. The van der Waals surface area contributed by atoms with Crippen LogP contribution in [0.4, 0.5) is 11.6 Å². The van der Waals surface area contributed by atoms with Crippen molar-refractivity contribution in [2.45, 2.75) is 19.9 Å². The highest BCUT2D eigenvalue weighted by Crippen LogP contribution is 2.27. The van der Waals surface area contributed by atoms with Crippen LogP contribution in [0.5, 0.6) is 0 Å². The van der Waals surface area contributed by atoms with Gasteiger partial charge in [-0.1, -0.05) is 0 Å². The predicted molar refractivity (Wildman–Crippen MR) is 97.6 cm³/mol. The minimum Gasteiger partial charge on any atom is -0.353 e. The molecule has 0 bridgehead atoms. The number of rotatable bonds is 3. The second-order valence-corrected chi connectivity index (χ2v) is 6.72. The van der Waals surface area contributed by atoms with Crippen LogP contribution in [0.15, 0.2) is 30.7 Å². The van der Waals surface area contributed by atoms with E-state index in [4.69, 9.17) is 0 Å². The van der Waals surface area contributed by atoms with Crippen LogP contribution in [0.25, 0.3) is 11.3 Å². The Labute approximate surface area is 149 Å². The number of aryl methyl sites for hydroxylation is 2. The van der Waals surface area contributed by atoms with E-state index >= 15 is 0 Å². The summed E-state index contributed by atoms with van der Waals surface area (Å²) in [5.41, 5.74) is 2.66. The highest BCUT2D eigenvalue weighted by Gasteiger charge is 2.33. The summed E-state index contributed by atoms with van der Waals surface area (Å²) in [4.78, 5) is 13.5. The molecule has 4 aromatic heterocycles. The summed E-state index contributed by atoms with van der Waals surface area (Å²) < 4.78 is 3.86. The Morgan fingerprint density at radius 2 is 2.00 bits per heavy atom. The van der Waals surface area contributed by atoms with Gasteiger partial charge >= 0.3 is 0 Å². The van der Waals surface area contributed by atoms with Gasteiger partial charge in [0.05, 0.1) is 12.2 Å². The molecule has 1 aliphatic heterocycles. The second kappa shape index (κ2) is 5.38. The zero-order chi connectivity index (χ0) is 17.8. The molecule has 26 heavy (non-hydrogen) atoms. The molecule has 5 rings (SSSR count). The van der Waals surface area contributed by atoms with Crippen molar-refractivity contribution in [2.24, 2.45) is 0 Å². The van der Waals surface area contributed by atoms with Gasteiger partial charge in [0.15, 0.2) is 11.5 Å². The monoisotopic (exact) mass is 349 g/mol. The van der Waals surface area contributed by atoms with Crippen LogP contribution in [-0.4, -0.2) is 60.4 Å². The SMILES string of the molecule is Cc1cc(N(C)C2CN(c3nccn4c(C)nnc34)C2)n2nccc2n1. The standard InChI is InChI=1S/C17H19N9/c1-11-8-15(26-14(20-11)4-5-19-26)23(3)13-9-24(10-13)16-17-22-21-12(2)25(17)7-6-18-16/h4-8,13H,9-10H2,1-3H3. The summed E-state index contributed by atoms with van der Waals surface area (Å²) in [5.74, 6) is 2.80. The van der Waals surface area contributed by atoms with Gasteiger partial charge in [-0.2, -0.15) is 9.61 Å². The Morgan fingerprint density at radius 1 is 1.15 bits per heavy atom. The molecular formula is C17H19N9. The molecule has 1 fully saturated rings. The molecule has 0 amide bonds. The molecule has 0 aliphatic carbocycles. The van der Waals surface area contributed by atoms with Gasteiger partial charge in [0.1, 0.15) is 11.6 Å². The molecule has 5 heterocycles. The minimum atomic E-state index is 0.371. The van der Waals surface area contributed by atoms with Crippen molar-refractivity contribution in [1.29, 1.82) is 0 Å². The Bertz CT molecular complexity index is 1110. The van der Waals surface area contributed by atoms with E-state index in [2.05, 4.69) is 48.2 Å². The van der Waals surface area contributed by atoms with Crippen LogP contribution >= 0.6 is 0 Å². The molecule has 4 aromatic rings. The van der Waals surface area contributed by atoms with E-state index in [0.717, 1.165) is 47.5 Å². The Hall–Kier alpha value is -3.23. The molecule has 132 valence electrons. The third-order valence-corrected chi connectivity index (χ3v) is 5.02. The van der Waals surface area contributed by atoms with Gasteiger partial charge in [-0.05, 0) is 13.8 Å². The normalized spacial score (nSPS) is 15.0. The fraction of sp³-hybridized carbons (Fsp3) is 0.353. The van der Waals surface area contributed by atoms with Gasteiger partial charge in [-0.25, -0.2) is 9.97 Å². The van der Waals surface area contributed by atoms with Crippen molar-refractivity contribution in [1.82, 2.24) is 34.2 Å². The zero-order valence-corrected chi connectivity index (χ0v) is 14.9. The van der Waals surface area contributed by atoms with E-state index in [0.29, 0.717) is 6.04 Å². The van der Waals surface area contributed by atoms with Crippen LogP contribution in [0, 0.1) is 13.8 Å². The second-order valence-electron chi connectivity index (χ2n) is 6.72. The van der Waals surface area contributed by atoms with E-state index in [1.807, 2.05) is 35.0 Å². The highest BCUT2D eigenvalue weighted by molar-refractivity contribution is 5.66. The van der Waals surface area contributed by atoms with Crippen LogP contribution in [0.2, 0.25) is 0 Å². The minimum absolute atomic E-state index is 0.371. The molecule has 0 radical (unpaired) electrons. The number of hydrogen-bond acceptors (Lipinski definition) is 7. The molecule has 9 heteroatoms. The summed E-state index contributed by atoms with van der Waals surface area (Å²) in [6.45, 7) is 5.70. The number of nitrogens with zero attached hydrogens (tertiary/aromatic N) is 9. The molecule has 0 spiro atoms. The van der Waals surface area contributed by atoms with Gasteiger partial charge in [-0.15, -0.1) is 10.2 Å². The molecule has 9 nitrogen and oxygen atoms in total. The first-order valence-electron chi connectivity index (χ1n) is 8.57. The van der Waals surface area contributed by atoms with E-state index in [1.165, 1.54) is 0 Å². The number of fused-ring (bicyclic) bond motifs is 2. The lowest BCUT2D eigenvalue weighted by molar-refractivity contribution is 0.487. The Balaban J connectivity index is 1.41. The van der Waals surface area contributed by atoms with Crippen molar-refractivity contribution in [3.05, 3.63) is 42.2 Å². The van der Waals surface area contributed by atoms with Crippen LogP contribution in [0.3, 0.4) is 0 Å². The highest BCUT2D eigenvalue weighted by atomic mass is 15.4. The van der Waals surface area contributed by atoms with E-state index in [-0.39, 0.29) is 0 Å². The third kappa shape index (κ3) is 2.13. The summed E-state index contributed by atoms with van der Waals surface area (Å²) >= 11 is 0. The van der Waals surface area contributed by atoms with Crippen molar-refractivity contribution >= 4 is 22.9 Å². The molecule has 1 aliphatic rings. The molecule has 0 atom stereocenters. The Kier molecular flexibility index (Phi) is 3.12. The Morgan fingerprint density at radius 3 is 2.85 bits per heavy atom. The van der Waals surface area contributed by atoms with Gasteiger partial charge in [-0.3, -0.25) is 4.40 Å². The molecule has 0 N–H and O–H groups in total. The van der Waals surface area contributed by atoms with Crippen LogP contribution in [-0.2, 0) is 0 Å². The zero-order valence-electron chi connectivity index (χ0n) is 14.9. The van der Waals surface area contributed by atoms with Gasteiger partial charge in [0, 0.05) is 50.4 Å². The first-order chi connectivity index (χ1) is 12.6. The third-order valence-electron chi connectivity index (χ3n) is 5.02. The van der Waals surface area contributed by atoms with E-state index in [9.17, 15) is 0 Å². The average Bonchev–Trinajstić information content (AvgIpc) is 3.20. The van der Waals surface area contributed by atoms with Crippen LogP contribution < -0.4 is 9.80 Å². The number of likely N-dealkylation sites (N-methyl/N-ethyl adjacent to an activating group) is 1. The molecule has 1 saturated heterocycles. The van der Waals surface area contributed by atoms with Gasteiger partial charge in [0.2, 0.25) is 5.65 Å². The summed E-state index contributed by atoms with van der Waals surface area (Å²) in [6, 6.07) is 4.37. The molecule has 0 saturated carbocycles. The summed E-state index contributed by atoms with van der Waals surface area (Å²) in [5, 5.41) is 12.8. The average molecular weight is 349 g/mol. The van der Waals surface area contributed by atoms with Crippen molar-refractivity contribution < 1.29 is 0 Å². The quantitative estimate of drug-likeness (QED) is 0.548. The van der Waals surface area contributed by atoms with Gasteiger partial charge in [0.25, 0.3) is 0 Å². The number of aromatic nitrogens is 7. The van der Waals surface area contributed by atoms with Crippen molar-refractivity contribution in [3.8, 4) is 0 Å². The lowest BCUT2D eigenvalue weighted by atomic mass is 10.1. The van der Waals surface area contributed by atoms with Crippen LogP contribution in [0.1, 0.15) is 11.5 Å². The molecule has 0 unspecified atom stereocenters. The topological polar surface area (TPSA) is 79.8 Å². The number of anilines is 2. The largest absolute Gasteiger partial charge is 0.353 e.